The van der Waals surface area contributed by atoms with E-state index in [2.05, 4.69) is 10.6 Å². The first-order chi connectivity index (χ1) is 12.4. The molecule has 1 atom stereocenters. The number of aryl methyl sites for hydroxylation is 1. The molecule has 3 amide bonds. The van der Waals surface area contributed by atoms with Crippen molar-refractivity contribution in [1.29, 1.82) is 0 Å². The average Bonchev–Trinajstić information content (AvgIpc) is 2.60. The molecule has 2 aromatic rings. The van der Waals surface area contributed by atoms with Crippen molar-refractivity contribution in [3.63, 3.8) is 0 Å². The molecule has 0 heterocycles. The van der Waals surface area contributed by atoms with E-state index in [9.17, 15) is 19.5 Å². The highest BCUT2D eigenvalue weighted by Crippen LogP contribution is 2.24. The van der Waals surface area contributed by atoms with Crippen LogP contribution in [0.4, 0.5) is 4.79 Å². The fraction of sp³-hybridized carbons (Fsp3) is 0.211. The molecular formula is C19H20N2O5. The van der Waals surface area contributed by atoms with E-state index in [0.29, 0.717) is 12.1 Å². The molecule has 0 aliphatic heterocycles. The quantitative estimate of drug-likeness (QED) is 0.714. The number of phenols is 1. The molecule has 0 bridgehead atoms. The number of carbonyl (C=O) groups excluding carboxylic acids is 3. The molecule has 0 unspecified atom stereocenters. The van der Waals surface area contributed by atoms with Gasteiger partial charge in [-0.05, 0) is 31.5 Å². The minimum atomic E-state index is -1.34. The number of carbonyl (C=O) groups is 3. The van der Waals surface area contributed by atoms with Gasteiger partial charge >= 0.3 is 12.0 Å². The summed E-state index contributed by atoms with van der Waals surface area (Å²) in [7, 11) is 0. The van der Waals surface area contributed by atoms with Gasteiger partial charge in [-0.25, -0.2) is 9.59 Å². The maximum absolute atomic E-state index is 12.4. The van der Waals surface area contributed by atoms with Gasteiger partial charge in [0.05, 0.1) is 0 Å². The summed E-state index contributed by atoms with van der Waals surface area (Å²) in [5.74, 6) is -1.91. The Morgan fingerprint density at radius 3 is 2.42 bits per heavy atom. The highest BCUT2D eigenvalue weighted by molar-refractivity contribution is 5.99. The molecule has 0 radical (unpaired) electrons. The molecule has 0 aromatic heterocycles. The van der Waals surface area contributed by atoms with Crippen molar-refractivity contribution >= 4 is 17.9 Å². The van der Waals surface area contributed by atoms with Crippen LogP contribution in [0.2, 0.25) is 0 Å². The summed E-state index contributed by atoms with van der Waals surface area (Å²) in [5.41, 5.74) is 1.10. The third-order valence-corrected chi connectivity index (χ3v) is 3.51. The maximum atomic E-state index is 12.4. The van der Waals surface area contributed by atoms with Gasteiger partial charge in [0.2, 0.25) is 6.10 Å². The van der Waals surface area contributed by atoms with E-state index in [1.54, 1.807) is 50.2 Å². The molecule has 3 N–H and O–H groups in total. The topological polar surface area (TPSA) is 105 Å². The SMILES string of the molecule is CCNC(=O)NC(=O)[C@H](OC(=O)c1ccc(C)cc1O)c1ccccc1. The minimum absolute atomic E-state index is 0.0673. The van der Waals surface area contributed by atoms with E-state index in [1.807, 2.05) is 0 Å². The predicted octanol–water partition coefficient (Wildman–Crippen LogP) is 2.44. The van der Waals surface area contributed by atoms with Gasteiger partial charge in [-0.3, -0.25) is 10.1 Å². The summed E-state index contributed by atoms with van der Waals surface area (Å²) >= 11 is 0. The second-order valence-electron chi connectivity index (χ2n) is 5.57. The molecule has 0 saturated carbocycles. The number of aromatic hydroxyl groups is 1. The standard InChI is InChI=1S/C19H20N2O5/c1-3-20-19(25)21-17(23)16(13-7-5-4-6-8-13)26-18(24)14-10-9-12(2)11-15(14)22/h4-11,16,22H,3H2,1-2H3,(H2,20,21,23,25)/t16-/m1/s1. The molecule has 0 aliphatic carbocycles. The van der Waals surface area contributed by atoms with Crippen molar-refractivity contribution in [1.82, 2.24) is 10.6 Å². The number of benzene rings is 2. The number of esters is 1. The summed E-state index contributed by atoms with van der Waals surface area (Å²) < 4.78 is 5.29. The Hall–Kier alpha value is -3.35. The number of nitrogens with one attached hydrogen (secondary N) is 2. The molecule has 0 aliphatic rings. The van der Waals surface area contributed by atoms with Gasteiger partial charge in [-0.2, -0.15) is 0 Å². The monoisotopic (exact) mass is 356 g/mol. The largest absolute Gasteiger partial charge is 0.507 e. The van der Waals surface area contributed by atoms with E-state index in [1.165, 1.54) is 12.1 Å². The third kappa shape index (κ3) is 4.83. The fourth-order valence-corrected chi connectivity index (χ4v) is 2.27. The van der Waals surface area contributed by atoms with Gasteiger partial charge < -0.3 is 15.2 Å². The van der Waals surface area contributed by atoms with Crippen molar-refractivity contribution in [2.24, 2.45) is 0 Å². The summed E-state index contributed by atoms with van der Waals surface area (Å²) in [6.07, 6.45) is -1.34. The van der Waals surface area contributed by atoms with Crippen LogP contribution in [0.1, 0.15) is 34.5 Å². The molecule has 7 heteroatoms. The summed E-state index contributed by atoms with van der Waals surface area (Å²) in [6, 6.07) is 12.1. The van der Waals surface area contributed by atoms with Crippen molar-refractivity contribution in [2.75, 3.05) is 6.54 Å². The zero-order valence-corrected chi connectivity index (χ0v) is 14.5. The first kappa shape index (κ1) is 19.0. The smallest absolute Gasteiger partial charge is 0.343 e. The van der Waals surface area contributed by atoms with E-state index in [0.717, 1.165) is 5.56 Å². The number of ether oxygens (including phenoxy) is 1. The summed E-state index contributed by atoms with van der Waals surface area (Å²) in [5, 5.41) is 14.5. The van der Waals surface area contributed by atoms with Gasteiger partial charge in [-0.15, -0.1) is 0 Å². The minimum Gasteiger partial charge on any atom is -0.507 e. The Kier molecular flexibility index (Phi) is 6.32. The molecule has 0 saturated heterocycles. The molecule has 0 fully saturated rings. The van der Waals surface area contributed by atoms with Crippen LogP contribution in [0.5, 0.6) is 5.75 Å². The fourth-order valence-electron chi connectivity index (χ4n) is 2.27. The lowest BCUT2D eigenvalue weighted by atomic mass is 10.1. The molecule has 136 valence electrons. The number of imide groups is 1. The Balaban J connectivity index is 2.25. The number of phenolic OH excluding ortho intramolecular Hbond substituents is 1. The van der Waals surface area contributed by atoms with Gasteiger partial charge in [0.25, 0.3) is 5.91 Å². The Morgan fingerprint density at radius 2 is 1.81 bits per heavy atom. The third-order valence-electron chi connectivity index (χ3n) is 3.51. The maximum Gasteiger partial charge on any atom is 0.343 e. The predicted molar refractivity (Wildman–Crippen MR) is 94.7 cm³/mol. The Morgan fingerprint density at radius 1 is 1.12 bits per heavy atom. The average molecular weight is 356 g/mol. The number of urea groups is 1. The summed E-state index contributed by atoms with van der Waals surface area (Å²) in [4.78, 5) is 36.4. The number of amides is 3. The van der Waals surface area contributed by atoms with Gasteiger partial charge in [-0.1, -0.05) is 36.4 Å². The van der Waals surface area contributed by atoms with Crippen LogP contribution in [0.25, 0.3) is 0 Å². The van der Waals surface area contributed by atoms with Gasteiger partial charge in [0, 0.05) is 12.1 Å². The second-order valence-corrected chi connectivity index (χ2v) is 5.57. The Labute approximate surface area is 151 Å². The lowest BCUT2D eigenvalue weighted by molar-refractivity contribution is -0.129. The highest BCUT2D eigenvalue weighted by atomic mass is 16.5. The van der Waals surface area contributed by atoms with Crippen molar-refractivity contribution in [2.45, 2.75) is 20.0 Å². The van der Waals surface area contributed by atoms with Crippen LogP contribution in [-0.2, 0) is 9.53 Å². The molecule has 26 heavy (non-hydrogen) atoms. The lowest BCUT2D eigenvalue weighted by Gasteiger charge is -2.18. The zero-order chi connectivity index (χ0) is 19.1. The van der Waals surface area contributed by atoms with Crippen molar-refractivity contribution in [3.05, 3.63) is 65.2 Å². The van der Waals surface area contributed by atoms with Crippen LogP contribution in [-0.4, -0.2) is 29.6 Å². The first-order valence-electron chi connectivity index (χ1n) is 8.06. The summed E-state index contributed by atoms with van der Waals surface area (Å²) in [6.45, 7) is 3.81. The van der Waals surface area contributed by atoms with Crippen molar-refractivity contribution < 1.29 is 24.2 Å². The highest BCUT2D eigenvalue weighted by Gasteiger charge is 2.28. The number of rotatable bonds is 5. The van der Waals surface area contributed by atoms with E-state index in [4.69, 9.17) is 4.74 Å². The lowest BCUT2D eigenvalue weighted by Crippen LogP contribution is -2.42. The molecular weight excluding hydrogens is 336 g/mol. The van der Waals surface area contributed by atoms with Crippen LogP contribution >= 0.6 is 0 Å². The zero-order valence-electron chi connectivity index (χ0n) is 14.5. The molecule has 2 aromatic carbocycles. The van der Waals surface area contributed by atoms with Crippen LogP contribution in [0.15, 0.2) is 48.5 Å². The second kappa shape index (κ2) is 8.66. The van der Waals surface area contributed by atoms with E-state index in [-0.39, 0.29) is 11.3 Å². The van der Waals surface area contributed by atoms with Crippen LogP contribution < -0.4 is 10.6 Å². The Bertz CT molecular complexity index is 805. The normalized spacial score (nSPS) is 11.3. The van der Waals surface area contributed by atoms with E-state index < -0.39 is 24.0 Å². The molecule has 2 rings (SSSR count). The number of hydrogen-bond acceptors (Lipinski definition) is 5. The first-order valence-corrected chi connectivity index (χ1v) is 8.06. The molecule has 0 spiro atoms. The van der Waals surface area contributed by atoms with Crippen molar-refractivity contribution in [3.8, 4) is 5.75 Å². The van der Waals surface area contributed by atoms with E-state index >= 15 is 0 Å². The van der Waals surface area contributed by atoms with Gasteiger partial charge in [0.1, 0.15) is 11.3 Å². The van der Waals surface area contributed by atoms with Crippen LogP contribution in [0.3, 0.4) is 0 Å². The molecule has 7 nitrogen and oxygen atoms in total. The van der Waals surface area contributed by atoms with Crippen LogP contribution in [0, 0.1) is 6.92 Å². The number of hydrogen-bond donors (Lipinski definition) is 3. The van der Waals surface area contributed by atoms with Gasteiger partial charge in [0.15, 0.2) is 0 Å².